The first-order chi connectivity index (χ1) is 33.7. The van der Waals surface area contributed by atoms with Crippen molar-refractivity contribution < 1.29 is 0 Å². The van der Waals surface area contributed by atoms with Crippen LogP contribution in [0, 0.1) is 0 Å². The molecule has 15 rings (SSSR count). The van der Waals surface area contributed by atoms with Crippen molar-refractivity contribution in [3.05, 3.63) is 231 Å². The maximum atomic E-state index is 5.46. The lowest BCUT2D eigenvalue weighted by Crippen LogP contribution is -2.03. The fourth-order valence-corrected chi connectivity index (χ4v) is 11.5. The Balaban J connectivity index is 0.957. The standard InChI is InChI=1S/C64H38N4/c1-3-15-39(16-4-1)42-20-13-21-45(35-42)67-58-34-31-44(37-54(58)61-51-27-14-26-50-47-23-9-10-24-48(47)53(60(50)51)38-59(61)67)43-30-33-57-52(36-43)49-25-11-12-28-56(49)68(57)64-65-55-32-29-40-17-7-8-22-46(40)62(55)63(66-64)41-18-5-2-6-19-41/h1-38H. The Hall–Kier alpha value is -9.12. The molecule has 4 nitrogen and oxygen atoms in total. The summed E-state index contributed by atoms with van der Waals surface area (Å²) in [7, 11) is 0. The van der Waals surface area contributed by atoms with E-state index in [1.54, 1.807) is 0 Å². The Bertz CT molecular complexity index is 4430. The predicted molar refractivity (Wildman–Crippen MR) is 284 cm³/mol. The molecule has 0 aliphatic heterocycles. The lowest BCUT2D eigenvalue weighted by atomic mass is 9.96. The van der Waals surface area contributed by atoms with Gasteiger partial charge in [0.25, 0.3) is 0 Å². The first kappa shape index (κ1) is 37.1. The maximum Gasteiger partial charge on any atom is 0.235 e. The minimum absolute atomic E-state index is 0.654. The van der Waals surface area contributed by atoms with Crippen LogP contribution in [0.5, 0.6) is 0 Å². The summed E-state index contributed by atoms with van der Waals surface area (Å²) < 4.78 is 4.73. The number of fused-ring (bicyclic) bond motifs is 13. The molecule has 14 aromatic rings. The van der Waals surface area contributed by atoms with E-state index in [-0.39, 0.29) is 0 Å². The average molecular weight is 863 g/mol. The van der Waals surface area contributed by atoms with Gasteiger partial charge in [0.15, 0.2) is 0 Å². The van der Waals surface area contributed by atoms with Gasteiger partial charge in [-0.15, -0.1) is 0 Å². The van der Waals surface area contributed by atoms with Crippen molar-refractivity contribution in [3.8, 4) is 67.4 Å². The Labute approximate surface area is 391 Å². The van der Waals surface area contributed by atoms with Gasteiger partial charge in [-0.25, -0.2) is 9.97 Å². The van der Waals surface area contributed by atoms with E-state index < -0.39 is 0 Å². The van der Waals surface area contributed by atoms with Gasteiger partial charge in [-0.3, -0.25) is 4.57 Å². The van der Waals surface area contributed by atoms with Gasteiger partial charge in [0.1, 0.15) is 0 Å². The van der Waals surface area contributed by atoms with Crippen molar-refractivity contribution in [1.82, 2.24) is 19.1 Å². The van der Waals surface area contributed by atoms with Crippen LogP contribution in [0.4, 0.5) is 0 Å². The first-order valence-electron chi connectivity index (χ1n) is 23.3. The average Bonchev–Trinajstić information content (AvgIpc) is 4.04. The summed E-state index contributed by atoms with van der Waals surface area (Å²) in [6.45, 7) is 0. The van der Waals surface area contributed by atoms with Crippen LogP contribution in [-0.4, -0.2) is 19.1 Å². The molecule has 1 aliphatic rings. The number of hydrogen-bond acceptors (Lipinski definition) is 2. The number of aromatic nitrogens is 4. The second-order valence-corrected chi connectivity index (χ2v) is 18.1. The van der Waals surface area contributed by atoms with Crippen LogP contribution in [0.1, 0.15) is 0 Å². The summed E-state index contributed by atoms with van der Waals surface area (Å²) in [6.07, 6.45) is 0. The largest absolute Gasteiger partial charge is 0.309 e. The zero-order valence-corrected chi connectivity index (χ0v) is 36.7. The van der Waals surface area contributed by atoms with Gasteiger partial charge in [0.2, 0.25) is 5.95 Å². The van der Waals surface area contributed by atoms with Gasteiger partial charge in [0, 0.05) is 38.2 Å². The normalized spacial score (nSPS) is 12.1. The van der Waals surface area contributed by atoms with Crippen molar-refractivity contribution in [2.24, 2.45) is 0 Å². The smallest absolute Gasteiger partial charge is 0.235 e. The van der Waals surface area contributed by atoms with E-state index in [1.165, 1.54) is 76.9 Å². The number of nitrogens with zero attached hydrogens (tertiary/aromatic N) is 4. The van der Waals surface area contributed by atoms with E-state index in [4.69, 9.17) is 9.97 Å². The molecule has 314 valence electrons. The summed E-state index contributed by atoms with van der Waals surface area (Å²) in [5.74, 6) is 0.654. The van der Waals surface area contributed by atoms with Gasteiger partial charge in [-0.05, 0) is 121 Å². The highest BCUT2D eigenvalue weighted by molar-refractivity contribution is 6.29. The Morgan fingerprint density at radius 2 is 0.882 bits per heavy atom. The van der Waals surface area contributed by atoms with E-state index in [0.717, 1.165) is 60.6 Å². The molecule has 3 aromatic heterocycles. The van der Waals surface area contributed by atoms with Crippen molar-refractivity contribution >= 4 is 76.1 Å². The third kappa shape index (κ3) is 5.31. The lowest BCUT2D eigenvalue weighted by molar-refractivity contribution is 1.01. The molecule has 4 heteroatoms. The third-order valence-corrected chi connectivity index (χ3v) is 14.4. The molecule has 0 unspecified atom stereocenters. The van der Waals surface area contributed by atoms with Crippen LogP contribution >= 0.6 is 0 Å². The molecule has 11 aromatic carbocycles. The maximum absolute atomic E-state index is 5.46. The molecule has 0 amide bonds. The highest BCUT2D eigenvalue weighted by Gasteiger charge is 2.26. The van der Waals surface area contributed by atoms with E-state index >= 15 is 0 Å². The molecular weight excluding hydrogens is 825 g/mol. The molecule has 0 atom stereocenters. The molecule has 0 saturated heterocycles. The molecule has 3 heterocycles. The van der Waals surface area contributed by atoms with E-state index in [0.29, 0.717) is 5.95 Å². The number of rotatable bonds is 5. The summed E-state index contributed by atoms with van der Waals surface area (Å²) in [6, 6.07) is 83.8. The second kappa shape index (κ2) is 14.2. The molecule has 1 aliphatic carbocycles. The van der Waals surface area contributed by atoms with Crippen molar-refractivity contribution in [3.63, 3.8) is 0 Å². The van der Waals surface area contributed by atoms with Crippen LogP contribution in [0.25, 0.3) is 143 Å². The monoisotopic (exact) mass is 862 g/mol. The van der Waals surface area contributed by atoms with E-state index in [2.05, 4.69) is 240 Å². The lowest BCUT2D eigenvalue weighted by Gasteiger charge is -2.13. The number of para-hydroxylation sites is 1. The zero-order valence-electron chi connectivity index (χ0n) is 36.7. The van der Waals surface area contributed by atoms with Crippen LogP contribution in [0.3, 0.4) is 0 Å². The van der Waals surface area contributed by atoms with Crippen molar-refractivity contribution in [2.75, 3.05) is 0 Å². The molecule has 0 radical (unpaired) electrons. The Morgan fingerprint density at radius 1 is 0.279 bits per heavy atom. The predicted octanol–water partition coefficient (Wildman–Crippen LogP) is 16.8. The van der Waals surface area contributed by atoms with Gasteiger partial charge in [-0.1, -0.05) is 176 Å². The Morgan fingerprint density at radius 3 is 1.71 bits per heavy atom. The SMILES string of the molecule is c1ccc(-c2cccc(-n3c4ccc(-c5ccc6c(c5)c5ccccc5n6-c5nc(-c6ccccc6)c6c(ccc7ccccc76)n5)cc4c4c5cccc6c5c(cc43)-c3ccccc3-6)c2)cc1. The van der Waals surface area contributed by atoms with E-state index in [9.17, 15) is 0 Å². The van der Waals surface area contributed by atoms with Gasteiger partial charge >= 0.3 is 0 Å². The molecule has 0 saturated carbocycles. The molecule has 0 N–H and O–H groups in total. The quantitative estimate of drug-likeness (QED) is 0.162. The highest BCUT2D eigenvalue weighted by atomic mass is 15.2. The molecule has 68 heavy (non-hydrogen) atoms. The summed E-state index contributed by atoms with van der Waals surface area (Å²) in [5.41, 5.74) is 18.5. The first-order valence-corrected chi connectivity index (χ1v) is 23.3. The van der Waals surface area contributed by atoms with Crippen LogP contribution in [0.2, 0.25) is 0 Å². The number of benzene rings is 11. The summed E-state index contributed by atoms with van der Waals surface area (Å²) in [4.78, 5) is 10.8. The Kier molecular flexibility index (Phi) is 7.75. The second-order valence-electron chi connectivity index (χ2n) is 18.1. The summed E-state index contributed by atoms with van der Waals surface area (Å²) >= 11 is 0. The van der Waals surface area contributed by atoms with Gasteiger partial charge in [-0.2, -0.15) is 0 Å². The van der Waals surface area contributed by atoms with Crippen LogP contribution in [-0.2, 0) is 0 Å². The highest BCUT2D eigenvalue weighted by Crippen LogP contribution is 2.51. The minimum Gasteiger partial charge on any atom is -0.309 e. The molecule has 0 spiro atoms. The molecule has 0 bridgehead atoms. The minimum atomic E-state index is 0.654. The fraction of sp³-hybridized carbons (Fsp3) is 0. The van der Waals surface area contributed by atoms with E-state index in [1.807, 2.05) is 0 Å². The number of hydrogen-bond donors (Lipinski definition) is 0. The van der Waals surface area contributed by atoms with Crippen molar-refractivity contribution in [1.29, 1.82) is 0 Å². The zero-order chi connectivity index (χ0) is 44.5. The third-order valence-electron chi connectivity index (χ3n) is 14.4. The topological polar surface area (TPSA) is 35.6 Å². The summed E-state index contributed by atoms with van der Waals surface area (Å²) in [5, 5.41) is 10.8. The molecule has 0 fully saturated rings. The van der Waals surface area contributed by atoms with Gasteiger partial charge in [0.05, 0.1) is 33.3 Å². The molecular formula is C64H38N4. The van der Waals surface area contributed by atoms with Crippen molar-refractivity contribution in [2.45, 2.75) is 0 Å². The van der Waals surface area contributed by atoms with Crippen LogP contribution in [0.15, 0.2) is 231 Å². The fourth-order valence-electron chi connectivity index (χ4n) is 11.5. The van der Waals surface area contributed by atoms with Crippen LogP contribution < -0.4 is 0 Å². The van der Waals surface area contributed by atoms with Gasteiger partial charge < -0.3 is 4.57 Å².